The Morgan fingerprint density at radius 3 is 2.88 bits per heavy atom. The highest BCUT2D eigenvalue weighted by Crippen LogP contribution is 2.38. The number of rotatable bonds is 3. The standard InChI is InChI=1S/C14H18N2O/c1-17-10-5-6-13-11(7-10)12(8-16-13)14(15)9-3-2-4-9/h5-9,14,16H,2-4,15H2,1H3. The molecule has 90 valence electrons. The molecule has 0 aliphatic heterocycles. The van der Waals surface area contributed by atoms with Crippen molar-refractivity contribution in [1.82, 2.24) is 4.98 Å². The molecule has 3 nitrogen and oxygen atoms in total. The lowest BCUT2D eigenvalue weighted by Gasteiger charge is -2.31. The molecule has 1 unspecified atom stereocenters. The van der Waals surface area contributed by atoms with E-state index in [1.165, 1.54) is 30.2 Å². The van der Waals surface area contributed by atoms with Crippen LogP contribution in [0.15, 0.2) is 24.4 Å². The number of fused-ring (bicyclic) bond motifs is 1. The van der Waals surface area contributed by atoms with Crippen LogP contribution in [0.2, 0.25) is 0 Å². The molecule has 1 atom stereocenters. The summed E-state index contributed by atoms with van der Waals surface area (Å²) in [5.74, 6) is 1.54. The lowest BCUT2D eigenvalue weighted by Crippen LogP contribution is -2.26. The summed E-state index contributed by atoms with van der Waals surface area (Å²) in [6.45, 7) is 0. The number of nitrogens with two attached hydrogens (primary N) is 1. The minimum atomic E-state index is 0.157. The second-order valence-electron chi connectivity index (χ2n) is 4.87. The van der Waals surface area contributed by atoms with Crippen LogP contribution in [0, 0.1) is 5.92 Å². The Morgan fingerprint density at radius 1 is 1.41 bits per heavy atom. The molecule has 0 saturated heterocycles. The van der Waals surface area contributed by atoms with Crippen LogP contribution in [-0.4, -0.2) is 12.1 Å². The highest BCUT2D eigenvalue weighted by Gasteiger charge is 2.27. The normalized spacial score (nSPS) is 18.0. The Kier molecular flexibility index (Phi) is 2.56. The molecule has 0 amide bonds. The van der Waals surface area contributed by atoms with Gasteiger partial charge in [0.2, 0.25) is 0 Å². The SMILES string of the molecule is COc1ccc2[nH]cc(C(N)C3CCC3)c2c1. The van der Waals surface area contributed by atoms with Crippen LogP contribution in [0.5, 0.6) is 5.75 Å². The number of hydrogen-bond donors (Lipinski definition) is 2. The van der Waals surface area contributed by atoms with E-state index in [0.29, 0.717) is 5.92 Å². The zero-order chi connectivity index (χ0) is 11.8. The van der Waals surface area contributed by atoms with Gasteiger partial charge in [0, 0.05) is 23.1 Å². The van der Waals surface area contributed by atoms with E-state index >= 15 is 0 Å². The number of hydrogen-bond acceptors (Lipinski definition) is 2. The highest BCUT2D eigenvalue weighted by atomic mass is 16.5. The maximum absolute atomic E-state index is 6.34. The van der Waals surface area contributed by atoms with Gasteiger partial charge < -0.3 is 15.5 Å². The van der Waals surface area contributed by atoms with Gasteiger partial charge in [0.25, 0.3) is 0 Å². The van der Waals surface area contributed by atoms with Gasteiger partial charge in [-0.2, -0.15) is 0 Å². The van der Waals surface area contributed by atoms with Crippen molar-refractivity contribution in [3.8, 4) is 5.75 Å². The van der Waals surface area contributed by atoms with Crippen molar-refractivity contribution in [2.24, 2.45) is 11.7 Å². The molecular formula is C14H18N2O. The summed E-state index contributed by atoms with van der Waals surface area (Å²) in [5.41, 5.74) is 8.70. The van der Waals surface area contributed by atoms with Crippen LogP contribution >= 0.6 is 0 Å². The van der Waals surface area contributed by atoms with Crippen LogP contribution in [0.1, 0.15) is 30.9 Å². The molecule has 1 aromatic heterocycles. The summed E-state index contributed by atoms with van der Waals surface area (Å²) < 4.78 is 5.27. The molecule has 1 aromatic carbocycles. The summed E-state index contributed by atoms with van der Waals surface area (Å²) in [6.07, 6.45) is 5.90. The fraction of sp³-hybridized carbons (Fsp3) is 0.429. The summed E-state index contributed by atoms with van der Waals surface area (Å²) in [5, 5.41) is 1.20. The van der Waals surface area contributed by atoms with E-state index in [-0.39, 0.29) is 6.04 Å². The van der Waals surface area contributed by atoms with Crippen molar-refractivity contribution in [1.29, 1.82) is 0 Å². The quantitative estimate of drug-likeness (QED) is 0.851. The fourth-order valence-corrected chi connectivity index (χ4v) is 2.58. The molecule has 3 heteroatoms. The lowest BCUT2D eigenvalue weighted by atomic mass is 9.77. The number of methoxy groups -OCH3 is 1. The average molecular weight is 230 g/mol. The zero-order valence-electron chi connectivity index (χ0n) is 10.1. The number of benzene rings is 1. The first-order valence-corrected chi connectivity index (χ1v) is 6.20. The second-order valence-corrected chi connectivity index (χ2v) is 4.87. The molecule has 1 aliphatic rings. The maximum atomic E-state index is 6.34. The third-order valence-electron chi connectivity index (χ3n) is 3.94. The summed E-state index contributed by atoms with van der Waals surface area (Å²) in [7, 11) is 1.69. The second kappa shape index (κ2) is 4.08. The minimum Gasteiger partial charge on any atom is -0.497 e. The third kappa shape index (κ3) is 1.71. The summed E-state index contributed by atoms with van der Waals surface area (Å²) in [6, 6.07) is 6.24. The number of nitrogens with one attached hydrogen (secondary N) is 1. The Bertz CT molecular complexity index is 528. The molecule has 1 fully saturated rings. The third-order valence-corrected chi connectivity index (χ3v) is 3.94. The van der Waals surface area contributed by atoms with Crippen molar-refractivity contribution in [3.63, 3.8) is 0 Å². The predicted molar refractivity (Wildman–Crippen MR) is 69.1 cm³/mol. The van der Waals surface area contributed by atoms with Crippen LogP contribution in [0.25, 0.3) is 10.9 Å². The van der Waals surface area contributed by atoms with E-state index in [4.69, 9.17) is 10.5 Å². The highest BCUT2D eigenvalue weighted by molar-refractivity contribution is 5.85. The topological polar surface area (TPSA) is 51.0 Å². The van der Waals surface area contributed by atoms with E-state index in [1.54, 1.807) is 7.11 Å². The minimum absolute atomic E-state index is 0.157. The number of ether oxygens (including phenoxy) is 1. The summed E-state index contributed by atoms with van der Waals surface area (Å²) >= 11 is 0. The van der Waals surface area contributed by atoms with E-state index in [1.807, 2.05) is 18.3 Å². The smallest absolute Gasteiger partial charge is 0.119 e. The van der Waals surface area contributed by atoms with Gasteiger partial charge in [-0.05, 0) is 42.5 Å². The van der Waals surface area contributed by atoms with E-state index in [2.05, 4.69) is 11.1 Å². The summed E-state index contributed by atoms with van der Waals surface area (Å²) in [4.78, 5) is 3.29. The lowest BCUT2D eigenvalue weighted by molar-refractivity contribution is 0.265. The molecule has 0 radical (unpaired) electrons. The molecule has 0 bridgehead atoms. The van der Waals surface area contributed by atoms with Gasteiger partial charge in [-0.3, -0.25) is 0 Å². The van der Waals surface area contributed by atoms with Gasteiger partial charge in [-0.15, -0.1) is 0 Å². The van der Waals surface area contributed by atoms with Gasteiger partial charge in [0.05, 0.1) is 7.11 Å². The Balaban J connectivity index is 2.02. The molecule has 0 spiro atoms. The molecule has 1 heterocycles. The molecule has 3 rings (SSSR count). The first-order valence-electron chi connectivity index (χ1n) is 6.20. The molecule has 3 N–H and O–H groups in total. The van der Waals surface area contributed by atoms with Crippen molar-refractivity contribution in [2.75, 3.05) is 7.11 Å². The van der Waals surface area contributed by atoms with Gasteiger partial charge in [-0.1, -0.05) is 6.42 Å². The van der Waals surface area contributed by atoms with Crippen LogP contribution in [0.3, 0.4) is 0 Å². The largest absolute Gasteiger partial charge is 0.497 e. The first-order chi connectivity index (χ1) is 8.29. The molecule has 1 aliphatic carbocycles. The molecule has 2 aromatic rings. The Labute approximate surface area is 101 Å². The van der Waals surface area contributed by atoms with Crippen molar-refractivity contribution < 1.29 is 4.74 Å². The fourth-order valence-electron chi connectivity index (χ4n) is 2.58. The predicted octanol–water partition coefficient (Wildman–Crippen LogP) is 2.98. The van der Waals surface area contributed by atoms with Crippen molar-refractivity contribution in [2.45, 2.75) is 25.3 Å². The van der Waals surface area contributed by atoms with E-state index < -0.39 is 0 Å². The first kappa shape index (κ1) is 10.7. The van der Waals surface area contributed by atoms with E-state index in [0.717, 1.165) is 11.3 Å². The van der Waals surface area contributed by atoms with Gasteiger partial charge >= 0.3 is 0 Å². The van der Waals surface area contributed by atoms with Crippen LogP contribution in [0.4, 0.5) is 0 Å². The van der Waals surface area contributed by atoms with Crippen molar-refractivity contribution >= 4 is 10.9 Å². The van der Waals surface area contributed by atoms with Crippen molar-refractivity contribution in [3.05, 3.63) is 30.0 Å². The number of aromatic amines is 1. The van der Waals surface area contributed by atoms with Gasteiger partial charge in [0.15, 0.2) is 0 Å². The number of aromatic nitrogens is 1. The van der Waals surface area contributed by atoms with Gasteiger partial charge in [0.1, 0.15) is 5.75 Å². The zero-order valence-corrected chi connectivity index (χ0v) is 10.1. The number of H-pyrrole nitrogens is 1. The molecule has 17 heavy (non-hydrogen) atoms. The Hall–Kier alpha value is -1.48. The van der Waals surface area contributed by atoms with Crippen LogP contribution in [-0.2, 0) is 0 Å². The average Bonchev–Trinajstić information content (AvgIpc) is 2.68. The van der Waals surface area contributed by atoms with Crippen LogP contribution < -0.4 is 10.5 Å². The molecule has 1 saturated carbocycles. The maximum Gasteiger partial charge on any atom is 0.119 e. The van der Waals surface area contributed by atoms with Gasteiger partial charge in [-0.25, -0.2) is 0 Å². The van der Waals surface area contributed by atoms with E-state index in [9.17, 15) is 0 Å². The monoisotopic (exact) mass is 230 g/mol. The molecular weight excluding hydrogens is 212 g/mol. The Morgan fingerprint density at radius 2 is 2.24 bits per heavy atom.